The molecule has 2 aromatic carbocycles. The van der Waals surface area contributed by atoms with Crippen molar-refractivity contribution < 1.29 is 9.59 Å². The molecule has 2 N–H and O–H groups in total. The van der Waals surface area contributed by atoms with Crippen molar-refractivity contribution in [3.63, 3.8) is 0 Å². The molecular weight excluding hydrogens is 376 g/mol. The van der Waals surface area contributed by atoms with Crippen molar-refractivity contribution in [1.82, 2.24) is 14.9 Å². The first-order chi connectivity index (χ1) is 13.6. The molecule has 3 aromatic rings. The van der Waals surface area contributed by atoms with Crippen molar-refractivity contribution in [3.8, 4) is 0 Å². The van der Waals surface area contributed by atoms with E-state index in [0.717, 1.165) is 11.1 Å². The second-order valence-corrected chi connectivity index (χ2v) is 7.21. The topological polar surface area (TPSA) is 76.0 Å². The number of amides is 2. The molecule has 0 saturated heterocycles. The molecule has 0 aliphatic carbocycles. The summed E-state index contributed by atoms with van der Waals surface area (Å²) in [4.78, 5) is 29.3. The number of hydrogen-bond acceptors (Lipinski definition) is 3. The van der Waals surface area contributed by atoms with Crippen LogP contribution in [-0.4, -0.2) is 27.4 Å². The summed E-state index contributed by atoms with van der Waals surface area (Å²) < 4.78 is 1.84. The largest absolute Gasteiger partial charge is 0.339 e. The third-order valence-corrected chi connectivity index (χ3v) is 4.96. The number of aryl methyl sites for hydroxylation is 1. The van der Waals surface area contributed by atoms with Crippen molar-refractivity contribution in [1.29, 1.82) is 0 Å². The highest BCUT2D eigenvalue weighted by atomic mass is 35.5. The maximum atomic E-state index is 12.6. The minimum Gasteiger partial charge on any atom is -0.339 e. The summed E-state index contributed by atoms with van der Waals surface area (Å²) in [5, 5.41) is 6.20. The van der Waals surface area contributed by atoms with E-state index in [1.165, 1.54) is 0 Å². The monoisotopic (exact) mass is 394 g/mol. The molecule has 142 valence electrons. The molecule has 0 bridgehead atoms. The molecule has 0 spiro atoms. The number of fused-ring (bicyclic) bond motifs is 1. The van der Waals surface area contributed by atoms with E-state index < -0.39 is 6.04 Å². The van der Waals surface area contributed by atoms with Crippen LogP contribution in [0.1, 0.15) is 28.0 Å². The summed E-state index contributed by atoms with van der Waals surface area (Å²) in [5.74, 6) is -0.617. The Morgan fingerprint density at radius 3 is 2.89 bits per heavy atom. The SMILES string of the molecule is O=C(NC1CCc2ccc(Cl)cc2NC1=O)c1cn(Cc2ccccc2)cn1. The first-order valence-electron chi connectivity index (χ1n) is 9.04. The number of halogens is 1. The van der Waals surface area contributed by atoms with E-state index in [0.29, 0.717) is 30.1 Å². The molecule has 0 radical (unpaired) electrons. The Kier molecular flexibility index (Phi) is 5.12. The summed E-state index contributed by atoms with van der Waals surface area (Å²) in [6.07, 6.45) is 4.48. The van der Waals surface area contributed by atoms with E-state index in [1.807, 2.05) is 41.0 Å². The van der Waals surface area contributed by atoms with Crippen LogP contribution < -0.4 is 10.6 Å². The van der Waals surface area contributed by atoms with Crippen LogP contribution in [0, 0.1) is 0 Å². The van der Waals surface area contributed by atoms with Gasteiger partial charge in [-0.3, -0.25) is 9.59 Å². The lowest BCUT2D eigenvalue weighted by atomic mass is 10.1. The fourth-order valence-corrected chi connectivity index (χ4v) is 3.43. The number of anilines is 1. The van der Waals surface area contributed by atoms with Crippen molar-refractivity contribution in [2.75, 3.05) is 5.32 Å². The quantitative estimate of drug-likeness (QED) is 0.713. The summed E-state index contributed by atoms with van der Waals surface area (Å²) in [6.45, 7) is 0.626. The molecule has 0 fully saturated rings. The Morgan fingerprint density at radius 2 is 2.07 bits per heavy atom. The standard InChI is InChI=1S/C21H19ClN4O2/c22-16-8-6-15-7-9-17(20(27)25-18(15)10-16)24-21(28)19-12-26(13-23-19)11-14-4-2-1-3-5-14/h1-6,8,10,12-13,17H,7,9,11H2,(H,24,28)(H,25,27). The van der Waals surface area contributed by atoms with Crippen LogP contribution >= 0.6 is 11.6 Å². The van der Waals surface area contributed by atoms with Crippen LogP contribution in [0.2, 0.25) is 5.02 Å². The Balaban J connectivity index is 1.42. The molecule has 1 aromatic heterocycles. The maximum absolute atomic E-state index is 12.6. The van der Waals surface area contributed by atoms with Gasteiger partial charge in [-0.05, 0) is 36.1 Å². The Labute approximate surface area is 167 Å². The van der Waals surface area contributed by atoms with Gasteiger partial charge in [-0.1, -0.05) is 48.0 Å². The second kappa shape index (κ2) is 7.86. The zero-order chi connectivity index (χ0) is 19.5. The van der Waals surface area contributed by atoms with Crippen LogP contribution in [0.15, 0.2) is 61.1 Å². The minimum atomic E-state index is -0.627. The third-order valence-electron chi connectivity index (χ3n) is 4.73. The summed E-state index contributed by atoms with van der Waals surface area (Å²) in [6, 6.07) is 14.7. The zero-order valence-corrected chi connectivity index (χ0v) is 15.8. The first-order valence-corrected chi connectivity index (χ1v) is 9.42. The lowest BCUT2D eigenvalue weighted by Gasteiger charge is -2.14. The second-order valence-electron chi connectivity index (χ2n) is 6.77. The molecular formula is C21H19ClN4O2. The van der Waals surface area contributed by atoms with Gasteiger partial charge < -0.3 is 15.2 Å². The lowest BCUT2D eigenvalue weighted by molar-refractivity contribution is -0.118. The summed E-state index contributed by atoms with van der Waals surface area (Å²) >= 11 is 6.01. The third kappa shape index (κ3) is 4.07. The molecule has 1 aliphatic rings. The lowest BCUT2D eigenvalue weighted by Crippen LogP contribution is -2.43. The van der Waals surface area contributed by atoms with Gasteiger partial charge in [0.15, 0.2) is 0 Å². The van der Waals surface area contributed by atoms with E-state index in [4.69, 9.17) is 11.6 Å². The summed E-state index contributed by atoms with van der Waals surface area (Å²) in [7, 11) is 0. The van der Waals surface area contributed by atoms with Gasteiger partial charge in [-0.2, -0.15) is 0 Å². The number of hydrogen-bond donors (Lipinski definition) is 2. The van der Waals surface area contributed by atoms with Gasteiger partial charge in [0.2, 0.25) is 5.91 Å². The van der Waals surface area contributed by atoms with Crippen molar-refractivity contribution in [2.24, 2.45) is 0 Å². The molecule has 1 aliphatic heterocycles. The van der Waals surface area contributed by atoms with Crippen LogP contribution in [0.3, 0.4) is 0 Å². The highest BCUT2D eigenvalue weighted by Gasteiger charge is 2.26. The predicted octanol–water partition coefficient (Wildman–Crippen LogP) is 3.27. The molecule has 1 atom stereocenters. The maximum Gasteiger partial charge on any atom is 0.272 e. The average Bonchev–Trinajstić information content (AvgIpc) is 3.09. The predicted molar refractivity (Wildman–Crippen MR) is 107 cm³/mol. The van der Waals surface area contributed by atoms with Gasteiger partial charge in [0.1, 0.15) is 11.7 Å². The number of aromatic nitrogens is 2. The molecule has 4 rings (SSSR count). The normalized spacial score (nSPS) is 16.0. The zero-order valence-electron chi connectivity index (χ0n) is 15.1. The van der Waals surface area contributed by atoms with Gasteiger partial charge in [-0.15, -0.1) is 0 Å². The molecule has 2 heterocycles. The van der Waals surface area contributed by atoms with Gasteiger partial charge in [0, 0.05) is 23.5 Å². The number of rotatable bonds is 4. The van der Waals surface area contributed by atoms with Crippen LogP contribution in [0.4, 0.5) is 5.69 Å². The van der Waals surface area contributed by atoms with Gasteiger partial charge in [0.25, 0.3) is 5.91 Å². The summed E-state index contributed by atoms with van der Waals surface area (Å²) in [5.41, 5.74) is 3.10. The fraction of sp³-hybridized carbons (Fsp3) is 0.190. The first kappa shape index (κ1) is 18.3. The van der Waals surface area contributed by atoms with Crippen LogP contribution in [0.25, 0.3) is 0 Å². The van der Waals surface area contributed by atoms with Crippen molar-refractivity contribution in [2.45, 2.75) is 25.4 Å². The van der Waals surface area contributed by atoms with E-state index in [2.05, 4.69) is 15.6 Å². The minimum absolute atomic E-state index is 0.252. The van der Waals surface area contributed by atoms with E-state index in [9.17, 15) is 9.59 Å². The number of benzene rings is 2. The molecule has 6 nitrogen and oxygen atoms in total. The molecule has 0 saturated carbocycles. The molecule has 28 heavy (non-hydrogen) atoms. The van der Waals surface area contributed by atoms with Crippen LogP contribution in [-0.2, 0) is 17.8 Å². The molecule has 7 heteroatoms. The highest BCUT2D eigenvalue weighted by Crippen LogP contribution is 2.25. The van der Waals surface area contributed by atoms with E-state index >= 15 is 0 Å². The smallest absolute Gasteiger partial charge is 0.272 e. The average molecular weight is 395 g/mol. The number of carbonyl (C=O) groups excluding carboxylic acids is 2. The van der Waals surface area contributed by atoms with Gasteiger partial charge in [-0.25, -0.2) is 4.98 Å². The van der Waals surface area contributed by atoms with Crippen molar-refractivity contribution in [3.05, 3.63) is 82.9 Å². The van der Waals surface area contributed by atoms with E-state index in [-0.39, 0.29) is 17.5 Å². The Hall–Kier alpha value is -3.12. The van der Waals surface area contributed by atoms with Gasteiger partial charge in [0.05, 0.1) is 6.33 Å². The number of nitrogens with zero attached hydrogens (tertiary/aromatic N) is 2. The highest BCUT2D eigenvalue weighted by molar-refractivity contribution is 6.31. The molecule has 2 amide bonds. The number of nitrogens with one attached hydrogen (secondary N) is 2. The number of carbonyl (C=O) groups is 2. The van der Waals surface area contributed by atoms with Crippen molar-refractivity contribution >= 4 is 29.1 Å². The number of imidazole rings is 1. The van der Waals surface area contributed by atoms with Crippen LogP contribution in [0.5, 0.6) is 0 Å². The van der Waals surface area contributed by atoms with Gasteiger partial charge >= 0.3 is 0 Å². The Bertz CT molecular complexity index is 1020. The molecule has 1 unspecified atom stereocenters. The fourth-order valence-electron chi connectivity index (χ4n) is 3.26. The Morgan fingerprint density at radius 1 is 1.25 bits per heavy atom. The van der Waals surface area contributed by atoms with E-state index in [1.54, 1.807) is 24.7 Å².